The molecule has 0 saturated heterocycles. The number of carbonyl (C=O) groups excluding carboxylic acids is 2. The predicted molar refractivity (Wildman–Crippen MR) is 69.8 cm³/mol. The monoisotopic (exact) mass is 256 g/mol. The number of ketones is 2. The number of hydrogen-bond acceptors (Lipinski definition) is 4. The Morgan fingerprint density at radius 1 is 1.26 bits per heavy atom. The molecular formula is C14H12N2O3. The zero-order valence-electron chi connectivity index (χ0n) is 10.6. The average Bonchev–Trinajstić information content (AvgIpc) is 2.34. The maximum atomic E-state index is 12.5. The van der Waals surface area contributed by atoms with Gasteiger partial charge in [-0.1, -0.05) is 6.92 Å². The van der Waals surface area contributed by atoms with Crippen LogP contribution in [0.15, 0.2) is 27.1 Å². The molecule has 0 bridgehead atoms. The van der Waals surface area contributed by atoms with Crippen molar-refractivity contribution in [3.63, 3.8) is 0 Å². The molecule has 2 heterocycles. The molecule has 0 radical (unpaired) electrons. The van der Waals surface area contributed by atoms with Gasteiger partial charge in [-0.2, -0.15) is 0 Å². The van der Waals surface area contributed by atoms with Crippen LogP contribution in [0, 0.1) is 12.8 Å². The smallest absolute Gasteiger partial charge is 0.248 e. The van der Waals surface area contributed by atoms with Crippen molar-refractivity contribution in [2.45, 2.75) is 20.3 Å². The highest BCUT2D eigenvalue weighted by Gasteiger charge is 2.37. The Morgan fingerprint density at radius 2 is 2.00 bits per heavy atom. The number of rotatable bonds is 0. The normalized spacial score (nSPS) is 21.5. The van der Waals surface area contributed by atoms with Crippen molar-refractivity contribution >= 4 is 17.8 Å². The van der Waals surface area contributed by atoms with E-state index in [0.717, 1.165) is 0 Å². The molecule has 1 atom stereocenters. The van der Waals surface area contributed by atoms with Crippen LogP contribution in [0.2, 0.25) is 0 Å². The summed E-state index contributed by atoms with van der Waals surface area (Å²) in [5.41, 5.74) is 1.18. The summed E-state index contributed by atoms with van der Waals surface area (Å²) in [5, 5.41) is 0. The van der Waals surface area contributed by atoms with E-state index in [2.05, 4.69) is 9.98 Å². The van der Waals surface area contributed by atoms with Crippen LogP contribution in [-0.2, 0) is 0 Å². The van der Waals surface area contributed by atoms with E-state index >= 15 is 0 Å². The van der Waals surface area contributed by atoms with Gasteiger partial charge in [-0.3, -0.25) is 19.4 Å². The van der Waals surface area contributed by atoms with Crippen LogP contribution in [0.5, 0.6) is 0 Å². The fourth-order valence-electron chi connectivity index (χ4n) is 2.64. The Kier molecular flexibility index (Phi) is 2.38. The Hall–Kier alpha value is -2.30. The van der Waals surface area contributed by atoms with E-state index in [9.17, 15) is 14.4 Å². The van der Waals surface area contributed by atoms with Crippen LogP contribution in [0.25, 0.3) is 0 Å². The molecule has 0 fully saturated rings. The lowest BCUT2D eigenvalue weighted by Crippen LogP contribution is -2.31. The van der Waals surface area contributed by atoms with Gasteiger partial charge in [-0.25, -0.2) is 0 Å². The van der Waals surface area contributed by atoms with E-state index in [1.807, 2.05) is 6.92 Å². The van der Waals surface area contributed by atoms with Gasteiger partial charge in [0.15, 0.2) is 5.78 Å². The van der Waals surface area contributed by atoms with Gasteiger partial charge >= 0.3 is 0 Å². The highest BCUT2D eigenvalue weighted by atomic mass is 16.1. The van der Waals surface area contributed by atoms with Gasteiger partial charge in [-0.15, -0.1) is 0 Å². The summed E-state index contributed by atoms with van der Waals surface area (Å²) in [6.07, 6.45) is 2.29. The molecule has 19 heavy (non-hydrogen) atoms. The fourth-order valence-corrected chi connectivity index (χ4v) is 2.64. The number of aromatic amines is 1. The Balaban J connectivity index is 2.34. The molecule has 3 rings (SSSR count). The molecule has 1 aromatic rings. The quantitative estimate of drug-likeness (QED) is 0.762. The topological polar surface area (TPSA) is 79.4 Å². The first-order valence-electron chi connectivity index (χ1n) is 6.10. The number of H-pyrrole nitrogens is 1. The highest BCUT2D eigenvalue weighted by molar-refractivity contribution is 6.27. The lowest BCUT2D eigenvalue weighted by molar-refractivity contribution is 0.0960. The summed E-state index contributed by atoms with van der Waals surface area (Å²) in [7, 11) is 0. The number of allylic oxidation sites excluding steroid dienone is 2. The summed E-state index contributed by atoms with van der Waals surface area (Å²) in [4.78, 5) is 42.9. The first-order chi connectivity index (χ1) is 9.00. The summed E-state index contributed by atoms with van der Waals surface area (Å²) in [6.45, 7) is 3.57. The molecule has 1 aliphatic heterocycles. The number of aryl methyl sites for hydroxylation is 1. The average molecular weight is 256 g/mol. The van der Waals surface area contributed by atoms with E-state index in [1.54, 1.807) is 13.1 Å². The highest BCUT2D eigenvalue weighted by Crippen LogP contribution is 2.34. The van der Waals surface area contributed by atoms with Crippen molar-refractivity contribution in [1.82, 2.24) is 4.98 Å². The van der Waals surface area contributed by atoms with Gasteiger partial charge in [0.2, 0.25) is 11.3 Å². The largest absolute Gasteiger partial charge is 0.318 e. The molecule has 1 aromatic heterocycles. The number of pyridine rings is 1. The van der Waals surface area contributed by atoms with Crippen LogP contribution in [-0.4, -0.2) is 22.8 Å². The third-order valence-electron chi connectivity index (χ3n) is 3.58. The zero-order valence-corrected chi connectivity index (χ0v) is 10.6. The van der Waals surface area contributed by atoms with Crippen LogP contribution in [0.4, 0.5) is 0 Å². The molecule has 1 aliphatic carbocycles. The third-order valence-corrected chi connectivity index (χ3v) is 3.58. The van der Waals surface area contributed by atoms with Crippen molar-refractivity contribution in [3.05, 3.63) is 44.5 Å². The van der Waals surface area contributed by atoms with Crippen molar-refractivity contribution in [2.75, 3.05) is 0 Å². The number of hydrogen-bond donors (Lipinski definition) is 1. The van der Waals surface area contributed by atoms with E-state index < -0.39 is 0 Å². The van der Waals surface area contributed by atoms with Crippen molar-refractivity contribution in [3.8, 4) is 0 Å². The van der Waals surface area contributed by atoms with Gasteiger partial charge in [0, 0.05) is 17.9 Å². The second kappa shape index (κ2) is 3.85. The van der Waals surface area contributed by atoms with Crippen LogP contribution in [0.1, 0.15) is 39.8 Å². The second-order valence-electron chi connectivity index (χ2n) is 4.94. The number of nitrogens with one attached hydrogen (secondary N) is 1. The Morgan fingerprint density at radius 3 is 2.74 bits per heavy atom. The standard InChI is InChI=1S/C14H12N2O3/c1-6-3-4-15-11-9(6)13(18)10-7(2)5-8(17)16-12(10)14(11)19/h4-6H,3H2,1-2H3,(H,16,17). The number of fused-ring (bicyclic) bond motifs is 1. The van der Waals surface area contributed by atoms with Gasteiger partial charge < -0.3 is 4.98 Å². The number of Topliss-reactive ketones (excluding diaryl/α,β-unsaturated/α-hetero) is 2. The first kappa shape index (κ1) is 11.8. The predicted octanol–water partition coefficient (Wildman–Crippen LogP) is 1.43. The first-order valence-corrected chi connectivity index (χ1v) is 6.10. The summed E-state index contributed by atoms with van der Waals surface area (Å²) in [5.74, 6) is -0.584. The fraction of sp³-hybridized carbons (Fsp3) is 0.286. The summed E-state index contributed by atoms with van der Waals surface area (Å²) >= 11 is 0. The lowest BCUT2D eigenvalue weighted by Gasteiger charge is -2.25. The molecule has 0 spiro atoms. The van der Waals surface area contributed by atoms with Gasteiger partial charge in [0.25, 0.3) is 0 Å². The van der Waals surface area contributed by atoms with Gasteiger partial charge in [-0.05, 0) is 24.8 Å². The molecule has 2 aliphatic rings. The van der Waals surface area contributed by atoms with Gasteiger partial charge in [0.1, 0.15) is 11.4 Å². The minimum Gasteiger partial charge on any atom is -0.318 e. The van der Waals surface area contributed by atoms with E-state index in [1.165, 1.54) is 6.07 Å². The number of aliphatic imine (C=N–C) groups is 1. The molecule has 5 nitrogen and oxygen atoms in total. The van der Waals surface area contributed by atoms with Crippen molar-refractivity contribution in [2.24, 2.45) is 10.9 Å². The number of nitrogens with zero attached hydrogens (tertiary/aromatic N) is 1. The van der Waals surface area contributed by atoms with Gasteiger partial charge in [0.05, 0.1) is 5.56 Å². The second-order valence-corrected chi connectivity index (χ2v) is 4.94. The van der Waals surface area contributed by atoms with E-state index in [-0.39, 0.29) is 34.4 Å². The van der Waals surface area contributed by atoms with Crippen LogP contribution < -0.4 is 5.56 Å². The third kappa shape index (κ3) is 1.54. The van der Waals surface area contributed by atoms with Crippen molar-refractivity contribution in [1.29, 1.82) is 0 Å². The minimum absolute atomic E-state index is 0.0246. The number of carbonyl (C=O) groups is 2. The zero-order chi connectivity index (χ0) is 13.7. The molecule has 1 unspecified atom stereocenters. The Bertz CT molecular complexity index is 738. The molecule has 96 valence electrons. The van der Waals surface area contributed by atoms with Crippen LogP contribution in [0.3, 0.4) is 0 Å². The minimum atomic E-state index is -0.380. The molecule has 0 aromatic carbocycles. The van der Waals surface area contributed by atoms with Crippen LogP contribution >= 0.6 is 0 Å². The summed E-state index contributed by atoms with van der Waals surface area (Å²) < 4.78 is 0. The Labute approximate surface area is 109 Å². The summed E-state index contributed by atoms with van der Waals surface area (Å²) in [6, 6.07) is 1.34. The van der Waals surface area contributed by atoms with E-state index in [0.29, 0.717) is 23.1 Å². The molecule has 1 N–H and O–H groups in total. The molecule has 5 heteroatoms. The number of aromatic nitrogens is 1. The molecular weight excluding hydrogens is 244 g/mol. The molecule has 0 saturated carbocycles. The lowest BCUT2D eigenvalue weighted by atomic mass is 9.80. The van der Waals surface area contributed by atoms with Crippen molar-refractivity contribution < 1.29 is 9.59 Å². The maximum Gasteiger partial charge on any atom is 0.248 e. The SMILES string of the molecule is Cc1cc(=O)[nH]c2c1C(=O)C1=C(N=CCC1C)C2=O. The molecule has 0 amide bonds. The van der Waals surface area contributed by atoms with E-state index in [4.69, 9.17) is 0 Å². The maximum absolute atomic E-state index is 12.5.